The lowest BCUT2D eigenvalue weighted by Crippen LogP contribution is -1.97. The van der Waals surface area contributed by atoms with Gasteiger partial charge in [-0.3, -0.25) is 4.79 Å². The highest BCUT2D eigenvalue weighted by Gasteiger charge is 2.20. The van der Waals surface area contributed by atoms with Crippen LogP contribution in [0, 0.1) is 0 Å². The second-order valence-corrected chi connectivity index (χ2v) is 1.60. The maximum atomic E-state index is 11.6. The standard InChI is InChI=1S/C5H4F2O2/c6-5(7)4-1-3(8)2-9-4/h1,5H,2H2. The molecule has 9 heavy (non-hydrogen) atoms. The Hall–Kier alpha value is -0.930. The number of hydrogen-bond donors (Lipinski definition) is 0. The average molecular weight is 134 g/mol. The fourth-order valence-corrected chi connectivity index (χ4v) is 0.522. The van der Waals surface area contributed by atoms with Crippen LogP contribution in [0.3, 0.4) is 0 Å². The molecule has 0 N–H and O–H groups in total. The van der Waals surface area contributed by atoms with E-state index in [-0.39, 0.29) is 6.61 Å². The molecule has 0 bridgehead atoms. The number of carbonyl (C=O) groups is 1. The fourth-order valence-electron chi connectivity index (χ4n) is 0.522. The van der Waals surface area contributed by atoms with Crippen molar-refractivity contribution in [3.8, 4) is 0 Å². The van der Waals surface area contributed by atoms with Crippen molar-refractivity contribution in [1.29, 1.82) is 0 Å². The van der Waals surface area contributed by atoms with Crippen LogP contribution in [0.2, 0.25) is 0 Å². The van der Waals surface area contributed by atoms with E-state index in [1.54, 1.807) is 0 Å². The van der Waals surface area contributed by atoms with Crippen molar-refractivity contribution in [3.63, 3.8) is 0 Å². The Balaban J connectivity index is 2.62. The molecule has 50 valence electrons. The lowest BCUT2D eigenvalue weighted by Gasteiger charge is -1.97. The van der Waals surface area contributed by atoms with Gasteiger partial charge in [-0.2, -0.15) is 0 Å². The Morgan fingerprint density at radius 1 is 1.67 bits per heavy atom. The molecule has 0 unspecified atom stereocenters. The summed E-state index contributed by atoms with van der Waals surface area (Å²) >= 11 is 0. The molecule has 0 saturated heterocycles. The van der Waals surface area contributed by atoms with Gasteiger partial charge in [0, 0.05) is 6.08 Å². The van der Waals surface area contributed by atoms with E-state index >= 15 is 0 Å². The van der Waals surface area contributed by atoms with Gasteiger partial charge in [-0.1, -0.05) is 0 Å². The molecule has 0 fully saturated rings. The topological polar surface area (TPSA) is 26.3 Å². The van der Waals surface area contributed by atoms with Gasteiger partial charge in [-0.15, -0.1) is 0 Å². The van der Waals surface area contributed by atoms with Crippen molar-refractivity contribution in [2.75, 3.05) is 6.61 Å². The summed E-state index contributed by atoms with van der Waals surface area (Å²) < 4.78 is 27.4. The zero-order valence-electron chi connectivity index (χ0n) is 4.43. The third kappa shape index (κ3) is 1.25. The molecule has 0 amide bonds. The second kappa shape index (κ2) is 2.13. The van der Waals surface area contributed by atoms with Gasteiger partial charge in [0.15, 0.2) is 18.1 Å². The number of halogens is 2. The summed E-state index contributed by atoms with van der Waals surface area (Å²) in [6.45, 7) is -0.236. The lowest BCUT2D eigenvalue weighted by molar-refractivity contribution is -0.115. The first-order valence-electron chi connectivity index (χ1n) is 2.35. The molecule has 1 aliphatic rings. The molecule has 0 aliphatic carbocycles. The fraction of sp³-hybridized carbons (Fsp3) is 0.400. The van der Waals surface area contributed by atoms with Gasteiger partial charge in [0.05, 0.1) is 0 Å². The molecule has 0 spiro atoms. The highest BCUT2D eigenvalue weighted by Crippen LogP contribution is 2.14. The number of allylic oxidation sites excluding steroid dienone is 1. The summed E-state index contributed by atoms with van der Waals surface area (Å²) in [5, 5.41) is 0. The van der Waals surface area contributed by atoms with Gasteiger partial charge in [-0.25, -0.2) is 8.78 Å². The minimum absolute atomic E-state index is 0.236. The Bertz CT molecular complexity index is 162. The average Bonchev–Trinajstić information content (AvgIpc) is 2.14. The Morgan fingerprint density at radius 2 is 2.33 bits per heavy atom. The molecule has 0 atom stereocenters. The van der Waals surface area contributed by atoms with Gasteiger partial charge < -0.3 is 4.74 Å². The minimum atomic E-state index is -2.66. The van der Waals surface area contributed by atoms with Gasteiger partial charge >= 0.3 is 0 Å². The Morgan fingerprint density at radius 3 is 2.56 bits per heavy atom. The van der Waals surface area contributed by atoms with E-state index in [0.29, 0.717) is 0 Å². The first kappa shape index (κ1) is 6.19. The highest BCUT2D eigenvalue weighted by atomic mass is 19.3. The molecular weight excluding hydrogens is 130 g/mol. The quantitative estimate of drug-likeness (QED) is 0.528. The molecule has 0 aromatic rings. The summed E-state index contributed by atoms with van der Waals surface area (Å²) in [6.07, 6.45) is -1.83. The minimum Gasteiger partial charge on any atom is -0.484 e. The van der Waals surface area contributed by atoms with Crippen molar-refractivity contribution in [1.82, 2.24) is 0 Å². The first-order chi connectivity index (χ1) is 4.20. The largest absolute Gasteiger partial charge is 0.484 e. The van der Waals surface area contributed by atoms with Crippen molar-refractivity contribution in [3.05, 3.63) is 11.8 Å². The number of ether oxygens (including phenoxy) is 1. The number of carbonyl (C=O) groups excluding carboxylic acids is 1. The summed E-state index contributed by atoms with van der Waals surface area (Å²) in [4.78, 5) is 10.2. The zero-order valence-corrected chi connectivity index (χ0v) is 4.43. The Kier molecular flexibility index (Phi) is 1.46. The smallest absolute Gasteiger partial charge is 0.294 e. The number of rotatable bonds is 1. The van der Waals surface area contributed by atoms with E-state index in [9.17, 15) is 13.6 Å². The summed E-state index contributed by atoms with van der Waals surface area (Å²) in [5.74, 6) is -0.912. The predicted molar refractivity (Wildman–Crippen MR) is 25.0 cm³/mol. The van der Waals surface area contributed by atoms with Crippen molar-refractivity contribution in [2.24, 2.45) is 0 Å². The van der Waals surface area contributed by atoms with E-state index < -0.39 is 18.0 Å². The van der Waals surface area contributed by atoms with Crippen molar-refractivity contribution >= 4 is 5.78 Å². The second-order valence-electron chi connectivity index (χ2n) is 1.60. The van der Waals surface area contributed by atoms with Crippen LogP contribution in [0.4, 0.5) is 8.78 Å². The van der Waals surface area contributed by atoms with E-state index in [4.69, 9.17) is 0 Å². The van der Waals surface area contributed by atoms with Gasteiger partial charge in [0.2, 0.25) is 0 Å². The Labute approximate surface area is 50.1 Å². The molecule has 0 saturated carbocycles. The van der Waals surface area contributed by atoms with Gasteiger partial charge in [0.25, 0.3) is 6.43 Å². The monoisotopic (exact) mass is 134 g/mol. The zero-order chi connectivity index (χ0) is 6.85. The molecule has 1 aliphatic heterocycles. The maximum absolute atomic E-state index is 11.6. The van der Waals surface area contributed by atoms with Crippen LogP contribution in [0.25, 0.3) is 0 Å². The number of hydrogen-bond acceptors (Lipinski definition) is 2. The van der Waals surface area contributed by atoms with Crippen LogP contribution >= 0.6 is 0 Å². The molecule has 2 nitrogen and oxygen atoms in total. The van der Waals surface area contributed by atoms with Crippen molar-refractivity contribution < 1.29 is 18.3 Å². The SMILES string of the molecule is O=C1C=C(C(F)F)OC1. The normalized spacial score (nSPS) is 18.1. The lowest BCUT2D eigenvalue weighted by atomic mass is 10.4. The number of ketones is 1. The molecular formula is C5H4F2O2. The molecule has 0 aromatic carbocycles. The molecule has 1 heterocycles. The van der Waals surface area contributed by atoms with Gasteiger partial charge in [0.1, 0.15) is 0 Å². The van der Waals surface area contributed by atoms with Crippen LogP contribution in [0.1, 0.15) is 0 Å². The van der Waals surface area contributed by atoms with Crippen LogP contribution in [-0.2, 0) is 9.53 Å². The molecule has 1 rings (SSSR count). The van der Waals surface area contributed by atoms with Gasteiger partial charge in [-0.05, 0) is 0 Å². The maximum Gasteiger partial charge on any atom is 0.294 e. The summed E-state index contributed by atoms with van der Waals surface area (Å²) in [5.41, 5.74) is 0. The third-order valence-corrected chi connectivity index (χ3v) is 0.899. The van der Waals surface area contributed by atoms with Crippen LogP contribution in [-0.4, -0.2) is 18.8 Å². The molecule has 4 heteroatoms. The van der Waals surface area contributed by atoms with Crippen LogP contribution in [0.5, 0.6) is 0 Å². The molecule has 0 radical (unpaired) electrons. The predicted octanol–water partition coefficient (Wildman–Crippen LogP) is 0.735. The van der Waals surface area contributed by atoms with Crippen LogP contribution in [0.15, 0.2) is 11.8 Å². The van der Waals surface area contributed by atoms with Crippen molar-refractivity contribution in [2.45, 2.75) is 6.43 Å². The summed E-state index contributed by atoms with van der Waals surface area (Å²) in [6, 6.07) is 0. The first-order valence-corrected chi connectivity index (χ1v) is 2.35. The summed E-state index contributed by atoms with van der Waals surface area (Å²) in [7, 11) is 0. The van der Waals surface area contributed by atoms with Crippen LogP contribution < -0.4 is 0 Å². The van der Waals surface area contributed by atoms with E-state index in [2.05, 4.69) is 4.74 Å². The van der Waals surface area contributed by atoms with E-state index in [1.165, 1.54) is 0 Å². The highest BCUT2D eigenvalue weighted by molar-refractivity contribution is 5.93. The van der Waals surface area contributed by atoms with E-state index in [0.717, 1.165) is 6.08 Å². The van der Waals surface area contributed by atoms with E-state index in [1.807, 2.05) is 0 Å². The third-order valence-electron chi connectivity index (χ3n) is 0.899. The number of alkyl halides is 2. The molecule has 0 aromatic heterocycles.